The highest BCUT2D eigenvalue weighted by atomic mass is 35.5. The van der Waals surface area contributed by atoms with E-state index < -0.39 is 5.82 Å². The number of imidazole rings is 1. The molecule has 1 heterocycles. The first-order valence-corrected chi connectivity index (χ1v) is 6.31. The quantitative estimate of drug-likeness (QED) is 0.714. The summed E-state index contributed by atoms with van der Waals surface area (Å²) >= 11 is 6.09. The molecule has 2 aromatic carbocycles. The van der Waals surface area contributed by atoms with Gasteiger partial charge in [0.25, 0.3) is 0 Å². The number of benzene rings is 2. The molecule has 0 saturated heterocycles. The van der Waals surface area contributed by atoms with Crippen LogP contribution in [0.3, 0.4) is 0 Å². The van der Waals surface area contributed by atoms with E-state index in [-0.39, 0.29) is 17.3 Å². The summed E-state index contributed by atoms with van der Waals surface area (Å²) in [5, 5.41) is 9.70. The summed E-state index contributed by atoms with van der Waals surface area (Å²) in [7, 11) is 0. The summed E-state index contributed by atoms with van der Waals surface area (Å²) in [6.07, 6.45) is 0. The summed E-state index contributed by atoms with van der Waals surface area (Å²) in [6, 6.07) is 9.50. The third-order valence-electron chi connectivity index (χ3n) is 3.05. The second-order valence-corrected chi connectivity index (χ2v) is 4.75. The van der Waals surface area contributed by atoms with E-state index in [0.717, 1.165) is 0 Å². The first-order chi connectivity index (χ1) is 9.61. The van der Waals surface area contributed by atoms with Crippen molar-refractivity contribution in [3.63, 3.8) is 0 Å². The smallest absolute Gasteiger partial charge is 0.148 e. The summed E-state index contributed by atoms with van der Waals surface area (Å²) < 4.78 is 15.6. The maximum Gasteiger partial charge on any atom is 0.148 e. The minimum absolute atomic E-state index is 0.172. The van der Waals surface area contributed by atoms with E-state index in [2.05, 4.69) is 4.98 Å². The number of nitrogens with two attached hydrogens (primary N) is 1. The highest BCUT2D eigenvalue weighted by Crippen LogP contribution is 2.29. The second-order valence-electron chi connectivity index (χ2n) is 4.34. The van der Waals surface area contributed by atoms with Crippen molar-refractivity contribution < 1.29 is 9.50 Å². The SMILES string of the molecule is Nc1ccc2c(c1)nc(CO)n2-c1c(F)cccc1Cl. The van der Waals surface area contributed by atoms with Crippen molar-refractivity contribution in [3.8, 4) is 5.69 Å². The fourth-order valence-electron chi connectivity index (χ4n) is 2.21. The minimum Gasteiger partial charge on any atom is -0.399 e. The van der Waals surface area contributed by atoms with Gasteiger partial charge in [-0.15, -0.1) is 0 Å². The highest BCUT2D eigenvalue weighted by molar-refractivity contribution is 6.32. The Labute approximate surface area is 119 Å². The molecule has 0 aliphatic carbocycles. The van der Waals surface area contributed by atoms with Gasteiger partial charge in [0.2, 0.25) is 0 Å². The molecule has 0 amide bonds. The van der Waals surface area contributed by atoms with Crippen LogP contribution in [0.15, 0.2) is 36.4 Å². The van der Waals surface area contributed by atoms with Crippen molar-refractivity contribution in [3.05, 3.63) is 53.1 Å². The Morgan fingerprint density at radius 2 is 2.10 bits per heavy atom. The van der Waals surface area contributed by atoms with E-state index in [4.69, 9.17) is 17.3 Å². The zero-order valence-corrected chi connectivity index (χ0v) is 11.1. The number of anilines is 1. The molecule has 1 aromatic heterocycles. The van der Waals surface area contributed by atoms with Crippen LogP contribution in [0.5, 0.6) is 0 Å². The van der Waals surface area contributed by atoms with E-state index in [9.17, 15) is 9.50 Å². The largest absolute Gasteiger partial charge is 0.399 e. The van der Waals surface area contributed by atoms with Crippen molar-refractivity contribution in [2.45, 2.75) is 6.61 Å². The summed E-state index contributed by atoms with van der Waals surface area (Å²) in [5.74, 6) is -0.180. The van der Waals surface area contributed by atoms with Crippen molar-refractivity contribution >= 4 is 28.3 Å². The van der Waals surface area contributed by atoms with Crippen LogP contribution in [0.4, 0.5) is 10.1 Å². The maximum absolute atomic E-state index is 14.1. The Hall–Kier alpha value is -2.11. The lowest BCUT2D eigenvalue weighted by Gasteiger charge is -2.11. The van der Waals surface area contributed by atoms with Crippen molar-refractivity contribution in [2.75, 3.05) is 5.73 Å². The Morgan fingerprint density at radius 3 is 2.80 bits per heavy atom. The molecular weight excluding hydrogens is 281 g/mol. The van der Waals surface area contributed by atoms with Gasteiger partial charge in [-0.3, -0.25) is 4.57 Å². The first kappa shape index (κ1) is 12.9. The molecule has 3 rings (SSSR count). The number of para-hydroxylation sites is 1. The third-order valence-corrected chi connectivity index (χ3v) is 3.36. The van der Waals surface area contributed by atoms with Gasteiger partial charge < -0.3 is 10.8 Å². The van der Waals surface area contributed by atoms with Gasteiger partial charge in [0.15, 0.2) is 0 Å². The zero-order valence-electron chi connectivity index (χ0n) is 10.3. The van der Waals surface area contributed by atoms with Gasteiger partial charge in [-0.25, -0.2) is 9.37 Å². The first-order valence-electron chi connectivity index (χ1n) is 5.94. The Balaban J connectivity index is 2.40. The van der Waals surface area contributed by atoms with Crippen LogP contribution in [-0.2, 0) is 6.61 Å². The van der Waals surface area contributed by atoms with Crippen LogP contribution in [0.2, 0.25) is 5.02 Å². The molecule has 0 saturated carbocycles. The van der Waals surface area contributed by atoms with Crippen LogP contribution >= 0.6 is 11.6 Å². The standard InChI is InChI=1S/C14H11ClFN3O/c15-9-2-1-3-10(16)14(9)19-12-5-4-8(17)6-11(12)18-13(19)7-20/h1-6,20H,7,17H2. The third kappa shape index (κ3) is 1.92. The number of hydrogen-bond donors (Lipinski definition) is 2. The highest BCUT2D eigenvalue weighted by Gasteiger charge is 2.17. The van der Waals surface area contributed by atoms with Gasteiger partial charge in [-0.1, -0.05) is 17.7 Å². The molecule has 20 heavy (non-hydrogen) atoms. The molecule has 0 atom stereocenters. The monoisotopic (exact) mass is 291 g/mol. The number of aliphatic hydroxyl groups is 1. The van der Waals surface area contributed by atoms with E-state index in [0.29, 0.717) is 22.5 Å². The Kier molecular flexibility index (Phi) is 3.08. The molecule has 102 valence electrons. The van der Waals surface area contributed by atoms with Gasteiger partial charge in [0.1, 0.15) is 23.9 Å². The van der Waals surface area contributed by atoms with Crippen LogP contribution < -0.4 is 5.73 Å². The lowest BCUT2D eigenvalue weighted by atomic mass is 10.2. The lowest BCUT2D eigenvalue weighted by molar-refractivity contribution is 0.270. The van der Waals surface area contributed by atoms with E-state index in [1.54, 1.807) is 24.3 Å². The molecule has 0 unspecified atom stereocenters. The predicted octanol–water partition coefficient (Wildman–Crippen LogP) is 2.89. The minimum atomic E-state index is -0.483. The molecule has 0 bridgehead atoms. The van der Waals surface area contributed by atoms with Crippen LogP contribution in [0.25, 0.3) is 16.7 Å². The average Bonchev–Trinajstić information content (AvgIpc) is 2.76. The lowest BCUT2D eigenvalue weighted by Crippen LogP contribution is -2.04. The molecule has 4 nitrogen and oxygen atoms in total. The predicted molar refractivity (Wildman–Crippen MR) is 76.4 cm³/mol. The number of nitrogen functional groups attached to an aromatic ring is 1. The van der Waals surface area contributed by atoms with E-state index in [1.807, 2.05) is 0 Å². The van der Waals surface area contributed by atoms with Crippen molar-refractivity contribution in [1.82, 2.24) is 9.55 Å². The van der Waals surface area contributed by atoms with Gasteiger partial charge in [0.05, 0.1) is 16.1 Å². The molecule has 0 aliphatic heterocycles. The Morgan fingerprint density at radius 1 is 1.30 bits per heavy atom. The van der Waals surface area contributed by atoms with Crippen LogP contribution in [0, 0.1) is 5.82 Å². The second kappa shape index (κ2) is 4.77. The molecule has 6 heteroatoms. The summed E-state index contributed by atoms with van der Waals surface area (Å²) in [6.45, 7) is -0.334. The number of halogens is 2. The van der Waals surface area contributed by atoms with Gasteiger partial charge in [0, 0.05) is 5.69 Å². The molecule has 3 N–H and O–H groups in total. The number of rotatable bonds is 2. The number of fused-ring (bicyclic) bond motifs is 1. The van der Waals surface area contributed by atoms with E-state index in [1.165, 1.54) is 16.7 Å². The molecule has 0 aliphatic rings. The fraction of sp³-hybridized carbons (Fsp3) is 0.0714. The molecular formula is C14H11ClFN3O. The molecule has 3 aromatic rings. The summed E-state index contributed by atoms with van der Waals surface area (Å²) in [4.78, 5) is 4.26. The van der Waals surface area contributed by atoms with Crippen LogP contribution in [0.1, 0.15) is 5.82 Å². The van der Waals surface area contributed by atoms with E-state index >= 15 is 0 Å². The van der Waals surface area contributed by atoms with Crippen molar-refractivity contribution in [1.29, 1.82) is 0 Å². The maximum atomic E-state index is 14.1. The number of hydrogen-bond acceptors (Lipinski definition) is 3. The molecule has 0 spiro atoms. The Bertz CT molecular complexity index is 780. The van der Waals surface area contributed by atoms with Gasteiger partial charge in [-0.2, -0.15) is 0 Å². The topological polar surface area (TPSA) is 64.1 Å². The van der Waals surface area contributed by atoms with Crippen molar-refractivity contribution in [2.24, 2.45) is 0 Å². The normalized spacial score (nSPS) is 11.2. The summed E-state index contributed by atoms with van der Waals surface area (Å²) in [5.41, 5.74) is 7.64. The number of aromatic nitrogens is 2. The molecule has 0 fully saturated rings. The van der Waals surface area contributed by atoms with Gasteiger partial charge in [-0.05, 0) is 30.3 Å². The number of nitrogens with zero attached hydrogens (tertiary/aromatic N) is 2. The fourth-order valence-corrected chi connectivity index (χ4v) is 2.45. The molecule has 0 radical (unpaired) electrons. The average molecular weight is 292 g/mol. The number of aliphatic hydroxyl groups excluding tert-OH is 1. The van der Waals surface area contributed by atoms with Crippen LogP contribution in [-0.4, -0.2) is 14.7 Å². The van der Waals surface area contributed by atoms with Gasteiger partial charge >= 0.3 is 0 Å². The zero-order chi connectivity index (χ0) is 14.3.